The second-order valence-corrected chi connectivity index (χ2v) is 13.7. The summed E-state index contributed by atoms with van der Waals surface area (Å²) in [5.41, 5.74) is 1.97. The molecule has 2 amide bonds. The Bertz CT molecular complexity index is 1700. The summed E-state index contributed by atoms with van der Waals surface area (Å²) in [6.45, 7) is -0.430. The van der Waals surface area contributed by atoms with Gasteiger partial charge in [0.2, 0.25) is 21.8 Å². The van der Waals surface area contributed by atoms with Gasteiger partial charge < -0.3 is 10.2 Å². The van der Waals surface area contributed by atoms with Crippen molar-refractivity contribution in [1.82, 2.24) is 10.2 Å². The van der Waals surface area contributed by atoms with Gasteiger partial charge in [0.15, 0.2) is 0 Å². The van der Waals surface area contributed by atoms with Crippen LogP contribution in [0.4, 0.5) is 5.69 Å². The summed E-state index contributed by atoms with van der Waals surface area (Å²) in [7, 11) is -3.89. The molecule has 0 saturated heterocycles. The van der Waals surface area contributed by atoms with Crippen LogP contribution in [-0.4, -0.2) is 50.0 Å². The first-order valence-electron chi connectivity index (χ1n) is 15.0. The molecule has 0 aliphatic heterocycles. The Balaban J connectivity index is 1.55. The van der Waals surface area contributed by atoms with E-state index in [1.165, 1.54) is 4.90 Å². The van der Waals surface area contributed by atoms with Crippen LogP contribution in [0.15, 0.2) is 97.1 Å². The SMILES string of the molecule is CS(=O)(=O)N(CC(=O)N(Cc1ccccc1Cl)C(Cc1ccccc1)C(=O)NC1CCCCC1)c1cccc2ccccc12. The Morgan fingerprint density at radius 1 is 0.864 bits per heavy atom. The molecule has 7 nitrogen and oxygen atoms in total. The highest BCUT2D eigenvalue weighted by atomic mass is 35.5. The molecule has 0 heterocycles. The molecule has 0 spiro atoms. The number of fused-ring (bicyclic) bond motifs is 1. The number of hydrogen-bond donors (Lipinski definition) is 1. The molecule has 1 fully saturated rings. The van der Waals surface area contributed by atoms with E-state index in [0.717, 1.165) is 53.6 Å². The summed E-state index contributed by atoms with van der Waals surface area (Å²) >= 11 is 6.57. The van der Waals surface area contributed by atoms with E-state index in [1.54, 1.807) is 24.3 Å². The van der Waals surface area contributed by atoms with Crippen LogP contribution in [0.2, 0.25) is 5.02 Å². The van der Waals surface area contributed by atoms with E-state index in [2.05, 4.69) is 5.32 Å². The zero-order valence-electron chi connectivity index (χ0n) is 24.9. The molecule has 5 rings (SSSR count). The van der Waals surface area contributed by atoms with Crippen molar-refractivity contribution in [3.05, 3.63) is 113 Å². The van der Waals surface area contributed by atoms with Gasteiger partial charge >= 0.3 is 0 Å². The largest absolute Gasteiger partial charge is 0.352 e. The van der Waals surface area contributed by atoms with Gasteiger partial charge in [-0.1, -0.05) is 116 Å². The Morgan fingerprint density at radius 2 is 1.52 bits per heavy atom. The van der Waals surface area contributed by atoms with E-state index in [9.17, 15) is 18.0 Å². The van der Waals surface area contributed by atoms with Crippen molar-refractivity contribution in [2.75, 3.05) is 17.1 Å². The molecule has 9 heteroatoms. The van der Waals surface area contributed by atoms with Crippen molar-refractivity contribution in [3.63, 3.8) is 0 Å². The minimum atomic E-state index is -3.89. The van der Waals surface area contributed by atoms with E-state index in [4.69, 9.17) is 11.6 Å². The number of hydrogen-bond acceptors (Lipinski definition) is 4. The summed E-state index contributed by atoms with van der Waals surface area (Å²) in [4.78, 5) is 30.0. The number of halogens is 1. The first-order valence-corrected chi connectivity index (χ1v) is 17.3. The van der Waals surface area contributed by atoms with Gasteiger partial charge in [-0.05, 0) is 41.5 Å². The maximum Gasteiger partial charge on any atom is 0.244 e. The maximum atomic E-state index is 14.5. The second-order valence-electron chi connectivity index (χ2n) is 11.4. The lowest BCUT2D eigenvalue weighted by molar-refractivity contribution is -0.140. The van der Waals surface area contributed by atoms with E-state index in [-0.39, 0.29) is 24.9 Å². The lowest BCUT2D eigenvalue weighted by atomic mass is 9.94. The lowest BCUT2D eigenvalue weighted by Crippen LogP contribution is -2.55. The molecule has 1 aliphatic carbocycles. The summed E-state index contributed by atoms with van der Waals surface area (Å²) < 4.78 is 27.7. The normalized spacial score (nSPS) is 14.6. The Kier molecular flexibility index (Phi) is 10.2. The fourth-order valence-corrected chi connectivity index (χ4v) is 6.99. The molecule has 1 atom stereocenters. The predicted molar refractivity (Wildman–Crippen MR) is 177 cm³/mol. The Labute approximate surface area is 264 Å². The molecule has 0 aromatic heterocycles. The monoisotopic (exact) mass is 631 g/mol. The van der Waals surface area contributed by atoms with Gasteiger partial charge in [-0.15, -0.1) is 0 Å². The van der Waals surface area contributed by atoms with Crippen LogP contribution in [0.3, 0.4) is 0 Å². The van der Waals surface area contributed by atoms with E-state index >= 15 is 0 Å². The highest BCUT2D eigenvalue weighted by Gasteiger charge is 2.34. The van der Waals surface area contributed by atoms with Crippen LogP contribution in [0.5, 0.6) is 0 Å². The number of nitrogens with one attached hydrogen (secondary N) is 1. The minimum Gasteiger partial charge on any atom is -0.352 e. The predicted octanol–water partition coefficient (Wildman–Crippen LogP) is 6.35. The van der Waals surface area contributed by atoms with Crippen molar-refractivity contribution in [2.45, 2.75) is 57.2 Å². The highest BCUT2D eigenvalue weighted by Crippen LogP contribution is 2.29. The van der Waals surface area contributed by atoms with E-state index in [1.807, 2.05) is 72.8 Å². The number of benzene rings is 4. The molecule has 1 unspecified atom stereocenters. The van der Waals surface area contributed by atoms with Gasteiger partial charge in [-0.3, -0.25) is 13.9 Å². The molecule has 1 N–H and O–H groups in total. The van der Waals surface area contributed by atoms with Crippen LogP contribution in [0.1, 0.15) is 43.2 Å². The van der Waals surface area contributed by atoms with Crippen LogP contribution in [0, 0.1) is 0 Å². The van der Waals surface area contributed by atoms with Gasteiger partial charge in [0.1, 0.15) is 12.6 Å². The molecule has 0 bridgehead atoms. The number of sulfonamides is 1. The number of amides is 2. The summed E-state index contributed by atoms with van der Waals surface area (Å²) in [5, 5.41) is 5.24. The molecule has 4 aromatic carbocycles. The average Bonchev–Trinajstić information content (AvgIpc) is 3.02. The fraction of sp³-hybridized carbons (Fsp3) is 0.314. The van der Waals surface area contributed by atoms with Crippen molar-refractivity contribution in [2.24, 2.45) is 0 Å². The van der Waals surface area contributed by atoms with E-state index in [0.29, 0.717) is 21.7 Å². The summed E-state index contributed by atoms with van der Waals surface area (Å²) in [6, 6.07) is 28.7. The Hall–Kier alpha value is -3.88. The van der Waals surface area contributed by atoms with Gasteiger partial charge in [-0.25, -0.2) is 8.42 Å². The number of carbonyl (C=O) groups is 2. The van der Waals surface area contributed by atoms with Crippen LogP contribution < -0.4 is 9.62 Å². The first-order chi connectivity index (χ1) is 21.2. The van der Waals surface area contributed by atoms with Gasteiger partial charge in [0, 0.05) is 29.4 Å². The fourth-order valence-electron chi connectivity index (χ4n) is 5.93. The molecule has 1 saturated carbocycles. The standard InChI is InChI=1S/C35H38ClN3O4S/c1-44(42,43)39(32-22-12-17-27-15-8-10-20-30(27)32)25-34(40)38(24-28-16-9-11-21-31(28)36)33(23-26-13-4-2-5-14-26)35(41)37-29-18-6-3-7-19-29/h2,4-5,8-17,20-22,29,33H,3,6-7,18-19,23-25H2,1H3,(H,37,41). The minimum absolute atomic E-state index is 0.0370. The molecule has 1 aliphatic rings. The zero-order chi connectivity index (χ0) is 31.1. The molecule has 4 aromatic rings. The third-order valence-corrected chi connectivity index (χ3v) is 9.73. The molecule has 0 radical (unpaired) electrons. The molecular formula is C35H38ClN3O4S. The van der Waals surface area contributed by atoms with Crippen molar-refractivity contribution < 1.29 is 18.0 Å². The highest BCUT2D eigenvalue weighted by molar-refractivity contribution is 7.92. The zero-order valence-corrected chi connectivity index (χ0v) is 26.4. The average molecular weight is 632 g/mol. The van der Waals surface area contributed by atoms with Gasteiger partial charge in [0.05, 0.1) is 11.9 Å². The smallest absolute Gasteiger partial charge is 0.244 e. The lowest BCUT2D eigenvalue weighted by Gasteiger charge is -2.35. The number of rotatable bonds is 11. The van der Waals surface area contributed by atoms with Crippen LogP contribution in [0.25, 0.3) is 10.8 Å². The second kappa shape index (κ2) is 14.3. The topological polar surface area (TPSA) is 86.8 Å². The summed E-state index contributed by atoms with van der Waals surface area (Å²) in [6.07, 6.45) is 6.39. The van der Waals surface area contributed by atoms with E-state index < -0.39 is 28.5 Å². The molecule has 230 valence electrons. The number of nitrogens with zero attached hydrogens (tertiary/aromatic N) is 2. The van der Waals surface area contributed by atoms with Crippen LogP contribution in [-0.2, 0) is 32.6 Å². The third-order valence-electron chi connectivity index (χ3n) is 8.24. The Morgan fingerprint density at radius 3 is 2.25 bits per heavy atom. The molecule has 44 heavy (non-hydrogen) atoms. The van der Waals surface area contributed by atoms with Crippen molar-refractivity contribution in [3.8, 4) is 0 Å². The van der Waals surface area contributed by atoms with Crippen molar-refractivity contribution in [1.29, 1.82) is 0 Å². The van der Waals surface area contributed by atoms with Gasteiger partial charge in [-0.2, -0.15) is 0 Å². The number of carbonyl (C=O) groups excluding carboxylic acids is 2. The van der Waals surface area contributed by atoms with Crippen molar-refractivity contribution >= 4 is 49.9 Å². The van der Waals surface area contributed by atoms with Crippen LogP contribution >= 0.6 is 11.6 Å². The quantitative estimate of drug-likeness (QED) is 0.209. The maximum absolute atomic E-state index is 14.5. The summed E-state index contributed by atoms with van der Waals surface area (Å²) in [5.74, 6) is -0.750. The number of anilines is 1. The third kappa shape index (κ3) is 7.79. The van der Waals surface area contributed by atoms with Gasteiger partial charge in [0.25, 0.3) is 0 Å². The first kappa shape index (κ1) is 31.5. The molecular weight excluding hydrogens is 594 g/mol.